The molecule has 2 amide bonds. The largest absolute Gasteiger partial charge is 0.480 e. The van der Waals surface area contributed by atoms with Crippen LogP contribution >= 0.6 is 11.8 Å². The summed E-state index contributed by atoms with van der Waals surface area (Å²) in [5.41, 5.74) is 0. The van der Waals surface area contributed by atoms with Crippen LogP contribution in [0.25, 0.3) is 0 Å². The Hall–Kier alpha value is -1.17. The molecule has 1 atom stereocenters. The number of urea groups is 1. The first-order valence-electron chi connectivity index (χ1n) is 4.48. The smallest absolute Gasteiger partial charge is 0.326 e. The number of thioether (sulfide) groups is 1. The van der Waals surface area contributed by atoms with Crippen LogP contribution in [-0.2, 0) is 4.79 Å². The zero-order valence-corrected chi connectivity index (χ0v) is 9.47. The first kappa shape index (κ1) is 13.8. The molecule has 0 radical (unpaired) electrons. The summed E-state index contributed by atoms with van der Waals surface area (Å²) >= 11 is 1.60. The van der Waals surface area contributed by atoms with E-state index in [4.69, 9.17) is 5.11 Å². The number of carboxylic acids is 1. The van der Waals surface area contributed by atoms with Gasteiger partial charge in [-0.3, -0.25) is 0 Å². The van der Waals surface area contributed by atoms with Crippen molar-refractivity contribution in [3.63, 3.8) is 0 Å². The van der Waals surface area contributed by atoms with E-state index in [1.54, 1.807) is 11.8 Å². The molecule has 3 N–H and O–H groups in total. The summed E-state index contributed by atoms with van der Waals surface area (Å²) in [7, 11) is 0. The fourth-order valence-electron chi connectivity index (χ4n) is 0.864. The Morgan fingerprint density at radius 1 is 1.60 bits per heavy atom. The molecule has 0 aromatic heterocycles. The molecule has 0 spiro atoms. The predicted molar refractivity (Wildman–Crippen MR) is 61.2 cm³/mol. The van der Waals surface area contributed by atoms with Crippen molar-refractivity contribution < 1.29 is 14.7 Å². The van der Waals surface area contributed by atoms with Crippen LogP contribution in [0, 0.1) is 0 Å². The third-order valence-electron chi connectivity index (χ3n) is 1.60. The fraction of sp³-hybridized carbons (Fsp3) is 0.556. The van der Waals surface area contributed by atoms with E-state index < -0.39 is 18.0 Å². The lowest BCUT2D eigenvalue weighted by atomic mass is 10.2. The van der Waals surface area contributed by atoms with Crippen molar-refractivity contribution in [1.82, 2.24) is 10.6 Å². The van der Waals surface area contributed by atoms with Gasteiger partial charge in [-0.05, 0) is 12.7 Å². The van der Waals surface area contributed by atoms with Crippen LogP contribution in [0.15, 0.2) is 12.7 Å². The van der Waals surface area contributed by atoms with Gasteiger partial charge in [-0.15, -0.1) is 6.58 Å². The number of carbonyl (C=O) groups excluding carboxylic acids is 1. The molecule has 5 nitrogen and oxygen atoms in total. The van der Waals surface area contributed by atoms with Gasteiger partial charge in [-0.2, -0.15) is 11.8 Å². The van der Waals surface area contributed by atoms with Crippen LogP contribution < -0.4 is 10.6 Å². The normalized spacial score (nSPS) is 11.5. The second-order valence-electron chi connectivity index (χ2n) is 2.81. The molecule has 0 saturated heterocycles. The maximum Gasteiger partial charge on any atom is 0.326 e. The Morgan fingerprint density at radius 3 is 2.73 bits per heavy atom. The number of carbonyl (C=O) groups is 2. The zero-order valence-electron chi connectivity index (χ0n) is 8.66. The van der Waals surface area contributed by atoms with Gasteiger partial charge in [-0.25, -0.2) is 9.59 Å². The maximum atomic E-state index is 11.2. The van der Waals surface area contributed by atoms with Gasteiger partial charge in [0, 0.05) is 12.3 Å². The quantitative estimate of drug-likeness (QED) is 0.445. The van der Waals surface area contributed by atoms with E-state index in [0.29, 0.717) is 6.54 Å². The molecule has 15 heavy (non-hydrogen) atoms. The van der Waals surface area contributed by atoms with E-state index in [-0.39, 0.29) is 6.42 Å². The van der Waals surface area contributed by atoms with Crippen molar-refractivity contribution >= 4 is 23.8 Å². The van der Waals surface area contributed by atoms with Crippen molar-refractivity contribution in [2.45, 2.75) is 12.5 Å². The lowest BCUT2D eigenvalue weighted by Gasteiger charge is -2.12. The van der Waals surface area contributed by atoms with E-state index >= 15 is 0 Å². The first-order chi connectivity index (χ1) is 7.11. The van der Waals surface area contributed by atoms with Crippen molar-refractivity contribution in [1.29, 1.82) is 0 Å². The predicted octanol–water partition coefficient (Wildman–Crippen LogP) is 0.678. The van der Waals surface area contributed by atoms with Crippen LogP contribution in [0.4, 0.5) is 4.79 Å². The summed E-state index contributed by atoms with van der Waals surface area (Å²) in [4.78, 5) is 21.8. The second kappa shape index (κ2) is 8.16. The number of nitrogens with one attached hydrogen (secondary N) is 2. The Morgan fingerprint density at radius 2 is 2.27 bits per heavy atom. The number of hydrogen-bond acceptors (Lipinski definition) is 3. The van der Waals surface area contributed by atoms with Gasteiger partial charge < -0.3 is 15.7 Å². The van der Waals surface area contributed by atoms with Crippen LogP contribution in [0.5, 0.6) is 0 Å². The molecule has 0 bridgehead atoms. The van der Waals surface area contributed by atoms with Gasteiger partial charge in [0.25, 0.3) is 0 Å². The highest BCUT2D eigenvalue weighted by atomic mass is 32.2. The lowest BCUT2D eigenvalue weighted by Crippen LogP contribution is -2.46. The molecule has 1 unspecified atom stereocenters. The Kier molecular flexibility index (Phi) is 7.53. The molecule has 0 fully saturated rings. The molecule has 0 aliphatic rings. The molecule has 86 valence electrons. The summed E-state index contributed by atoms with van der Waals surface area (Å²) in [5, 5.41) is 13.6. The summed E-state index contributed by atoms with van der Waals surface area (Å²) in [6, 6.07) is -1.37. The van der Waals surface area contributed by atoms with Crippen molar-refractivity contribution in [2.75, 3.05) is 18.6 Å². The van der Waals surface area contributed by atoms with Crippen LogP contribution in [0.3, 0.4) is 0 Å². The highest BCUT2D eigenvalue weighted by Crippen LogP contribution is 1.93. The van der Waals surface area contributed by atoms with E-state index in [0.717, 1.165) is 5.75 Å². The van der Waals surface area contributed by atoms with Gasteiger partial charge in [-0.1, -0.05) is 6.08 Å². The minimum atomic E-state index is -1.06. The molecule has 0 aromatic rings. The van der Waals surface area contributed by atoms with Gasteiger partial charge in [0.1, 0.15) is 6.04 Å². The lowest BCUT2D eigenvalue weighted by molar-refractivity contribution is -0.139. The number of amides is 2. The minimum absolute atomic E-state index is 0.214. The van der Waals surface area contributed by atoms with Gasteiger partial charge in [0.2, 0.25) is 0 Å². The Bertz CT molecular complexity index is 233. The van der Waals surface area contributed by atoms with Crippen molar-refractivity contribution in [2.24, 2.45) is 0 Å². The highest BCUT2D eigenvalue weighted by Gasteiger charge is 2.17. The maximum absolute atomic E-state index is 11.2. The minimum Gasteiger partial charge on any atom is -0.480 e. The third kappa shape index (κ3) is 6.84. The van der Waals surface area contributed by atoms with Gasteiger partial charge >= 0.3 is 12.0 Å². The summed E-state index contributed by atoms with van der Waals surface area (Å²) in [5.74, 6) is -0.262. The topological polar surface area (TPSA) is 78.4 Å². The van der Waals surface area contributed by atoms with Gasteiger partial charge in [0.05, 0.1) is 0 Å². The number of carboxylic acid groups (broad SMARTS) is 1. The number of rotatable bonds is 7. The van der Waals surface area contributed by atoms with Crippen LogP contribution in [0.1, 0.15) is 6.42 Å². The average Bonchev–Trinajstić information content (AvgIpc) is 2.17. The standard InChI is InChI=1S/C9H16N2O3S/c1-3-4-7(8(12)13)11-9(14)10-5-6-15-2/h3,7H,1,4-6H2,2H3,(H,12,13)(H2,10,11,14). The van der Waals surface area contributed by atoms with Gasteiger partial charge in [0.15, 0.2) is 0 Å². The Labute approximate surface area is 93.3 Å². The van der Waals surface area contributed by atoms with Crippen LogP contribution in [0.2, 0.25) is 0 Å². The Balaban J connectivity index is 3.89. The molecule has 6 heteroatoms. The van der Waals surface area contributed by atoms with E-state index in [2.05, 4.69) is 17.2 Å². The summed E-state index contributed by atoms with van der Waals surface area (Å²) in [6.45, 7) is 3.95. The molecule has 0 rings (SSSR count). The summed E-state index contributed by atoms with van der Waals surface area (Å²) in [6.07, 6.45) is 3.60. The zero-order chi connectivity index (χ0) is 11.7. The average molecular weight is 232 g/mol. The van der Waals surface area contributed by atoms with E-state index in [1.165, 1.54) is 6.08 Å². The monoisotopic (exact) mass is 232 g/mol. The molecule has 0 aliphatic heterocycles. The first-order valence-corrected chi connectivity index (χ1v) is 5.88. The molecule has 0 saturated carbocycles. The second-order valence-corrected chi connectivity index (χ2v) is 3.79. The number of hydrogen-bond donors (Lipinski definition) is 3. The number of aliphatic carboxylic acids is 1. The van der Waals surface area contributed by atoms with Crippen LogP contribution in [-0.4, -0.2) is 41.7 Å². The summed E-state index contributed by atoms with van der Waals surface area (Å²) < 4.78 is 0. The van der Waals surface area contributed by atoms with E-state index in [1.807, 2.05) is 6.26 Å². The third-order valence-corrected chi connectivity index (χ3v) is 2.21. The van der Waals surface area contributed by atoms with Crippen molar-refractivity contribution in [3.05, 3.63) is 12.7 Å². The molecular weight excluding hydrogens is 216 g/mol. The molecule has 0 aliphatic carbocycles. The highest BCUT2D eigenvalue weighted by molar-refractivity contribution is 7.98. The van der Waals surface area contributed by atoms with E-state index in [9.17, 15) is 9.59 Å². The SMILES string of the molecule is C=CCC(NC(=O)NCCSC)C(=O)O. The van der Waals surface area contributed by atoms with Crippen molar-refractivity contribution in [3.8, 4) is 0 Å². The molecule has 0 aromatic carbocycles. The molecular formula is C9H16N2O3S. The fourth-order valence-corrected chi connectivity index (χ4v) is 1.17. The molecule has 0 heterocycles.